The third kappa shape index (κ3) is 4.00. The van der Waals surface area contributed by atoms with Gasteiger partial charge in [0.1, 0.15) is 17.3 Å². The molecule has 2 N–H and O–H groups in total. The van der Waals surface area contributed by atoms with E-state index in [1.165, 1.54) is 23.3 Å². The zero-order chi connectivity index (χ0) is 24.8. The lowest BCUT2D eigenvalue weighted by Crippen LogP contribution is -2.15. The number of amides is 1. The van der Waals surface area contributed by atoms with E-state index in [1.54, 1.807) is 23.0 Å². The fourth-order valence-electron chi connectivity index (χ4n) is 5.18. The first kappa shape index (κ1) is 22.6. The molecule has 5 heterocycles. The predicted octanol–water partition coefficient (Wildman–Crippen LogP) is 4.09. The Morgan fingerprint density at radius 3 is 2.92 bits per heavy atom. The molecule has 8 nitrogen and oxygen atoms in total. The molecular weight excluding hydrogens is 459 g/mol. The lowest BCUT2D eigenvalue weighted by molar-refractivity contribution is 0.0966. The minimum Gasteiger partial charge on any atom is -0.381 e. The number of anilines is 2. The van der Waals surface area contributed by atoms with Crippen molar-refractivity contribution in [3.8, 4) is 11.3 Å². The van der Waals surface area contributed by atoms with Crippen LogP contribution in [0.3, 0.4) is 0 Å². The molecule has 9 heteroatoms. The van der Waals surface area contributed by atoms with Crippen LogP contribution in [0.5, 0.6) is 0 Å². The van der Waals surface area contributed by atoms with Crippen LogP contribution < -0.4 is 10.6 Å². The summed E-state index contributed by atoms with van der Waals surface area (Å²) in [5, 5.41) is 6.31. The fourth-order valence-corrected chi connectivity index (χ4v) is 5.18. The summed E-state index contributed by atoms with van der Waals surface area (Å²) in [4.78, 5) is 24.0. The molecule has 0 bridgehead atoms. The number of fused-ring (bicyclic) bond motifs is 2. The Hall–Kier alpha value is -3.82. The minimum absolute atomic E-state index is 0.171. The molecule has 1 amide bonds. The average Bonchev–Trinajstić information content (AvgIpc) is 3.60. The Labute approximate surface area is 208 Å². The lowest BCUT2D eigenvalue weighted by Gasteiger charge is -2.20. The number of aromatic nitrogens is 3. The van der Waals surface area contributed by atoms with Crippen LogP contribution >= 0.6 is 0 Å². The Morgan fingerprint density at radius 1 is 1.22 bits per heavy atom. The van der Waals surface area contributed by atoms with Gasteiger partial charge >= 0.3 is 0 Å². The first-order valence-corrected chi connectivity index (χ1v) is 12.0. The largest absolute Gasteiger partial charge is 0.381 e. The molecule has 0 aliphatic carbocycles. The minimum atomic E-state index is -0.348. The van der Waals surface area contributed by atoms with E-state index in [0.29, 0.717) is 29.5 Å². The summed E-state index contributed by atoms with van der Waals surface area (Å²) in [6.45, 7) is 2.74. The number of nitrogens with zero attached hydrogens (tertiary/aromatic N) is 4. The molecule has 1 aromatic carbocycles. The third-order valence-electron chi connectivity index (χ3n) is 6.85. The average molecular weight is 487 g/mol. The number of halogens is 1. The molecule has 0 unspecified atom stereocenters. The van der Waals surface area contributed by atoms with Crippen LogP contribution in [0.15, 0.2) is 48.9 Å². The Kier molecular flexibility index (Phi) is 5.66. The molecule has 184 valence electrons. The van der Waals surface area contributed by atoms with Gasteiger partial charge in [-0.3, -0.25) is 9.20 Å². The highest BCUT2D eigenvalue weighted by Gasteiger charge is 2.29. The highest BCUT2D eigenvalue weighted by Crippen LogP contribution is 2.35. The van der Waals surface area contributed by atoms with Gasteiger partial charge in [-0.1, -0.05) is 6.07 Å². The van der Waals surface area contributed by atoms with Gasteiger partial charge in [0.15, 0.2) is 0 Å². The standard InChI is InChI=1S/C27H27FN6O2/c1-33(2)14-17-9-19(3-4-20(17)16-6-8-36-15-16)32-26-25-22(12-31-27(25)35)21(11-30-26)23-13-29-24-10-18(28)5-7-34(23)24/h3-5,7,9-11,13,16H,6,8,12,14-15H2,1-2H3,(H,30,32)(H,31,35)/t16-/m1/s1. The monoisotopic (exact) mass is 486 g/mol. The number of benzene rings is 1. The third-order valence-corrected chi connectivity index (χ3v) is 6.85. The van der Waals surface area contributed by atoms with Crippen molar-refractivity contribution in [2.24, 2.45) is 0 Å². The molecule has 1 saturated heterocycles. The van der Waals surface area contributed by atoms with Gasteiger partial charge in [-0.15, -0.1) is 0 Å². The zero-order valence-electron chi connectivity index (χ0n) is 20.2. The first-order valence-electron chi connectivity index (χ1n) is 12.0. The summed E-state index contributed by atoms with van der Waals surface area (Å²) in [6, 6.07) is 9.11. The first-order chi connectivity index (χ1) is 17.5. The second kappa shape index (κ2) is 9.00. The number of carbonyl (C=O) groups excluding carboxylic acids is 1. The molecule has 6 rings (SSSR count). The summed E-state index contributed by atoms with van der Waals surface area (Å²) >= 11 is 0. The van der Waals surface area contributed by atoms with Crippen LogP contribution in [0.25, 0.3) is 16.9 Å². The van der Waals surface area contributed by atoms with Crippen molar-refractivity contribution in [3.05, 3.63) is 77.0 Å². The van der Waals surface area contributed by atoms with Crippen LogP contribution in [0.4, 0.5) is 15.9 Å². The molecule has 2 aliphatic rings. The molecule has 0 radical (unpaired) electrons. The Bertz CT molecular complexity index is 1470. The smallest absolute Gasteiger partial charge is 0.255 e. The molecule has 1 atom stereocenters. The molecule has 3 aromatic heterocycles. The van der Waals surface area contributed by atoms with E-state index < -0.39 is 0 Å². The molecular formula is C27H27FN6O2. The summed E-state index contributed by atoms with van der Waals surface area (Å²) in [6.07, 6.45) is 6.10. The molecule has 36 heavy (non-hydrogen) atoms. The van der Waals surface area contributed by atoms with Crippen molar-refractivity contribution in [2.75, 3.05) is 32.6 Å². The van der Waals surface area contributed by atoms with E-state index in [4.69, 9.17) is 4.74 Å². The van der Waals surface area contributed by atoms with Crippen LogP contribution in [0.1, 0.15) is 39.4 Å². The lowest BCUT2D eigenvalue weighted by atomic mass is 9.93. The van der Waals surface area contributed by atoms with E-state index in [1.807, 2.05) is 6.07 Å². The van der Waals surface area contributed by atoms with Crippen molar-refractivity contribution in [1.29, 1.82) is 0 Å². The SMILES string of the molecule is CN(C)Cc1cc(Nc2ncc(-c3cnc4cc(F)ccn34)c3c2C(=O)NC3)ccc1[C@@H]1CCOC1. The highest BCUT2D eigenvalue weighted by atomic mass is 19.1. The zero-order valence-corrected chi connectivity index (χ0v) is 20.2. The summed E-state index contributed by atoms with van der Waals surface area (Å²) in [5.74, 6) is 0.395. The van der Waals surface area contributed by atoms with Gasteiger partial charge in [0.25, 0.3) is 5.91 Å². The van der Waals surface area contributed by atoms with Gasteiger partial charge in [0.05, 0.1) is 24.1 Å². The number of carbonyl (C=O) groups is 1. The maximum Gasteiger partial charge on any atom is 0.255 e. The van der Waals surface area contributed by atoms with Crippen LogP contribution in [-0.4, -0.2) is 52.5 Å². The van der Waals surface area contributed by atoms with E-state index in [2.05, 4.69) is 51.7 Å². The normalized spacial score (nSPS) is 17.1. The highest BCUT2D eigenvalue weighted by molar-refractivity contribution is 6.05. The van der Waals surface area contributed by atoms with Crippen LogP contribution in [-0.2, 0) is 17.8 Å². The number of ether oxygens (including phenoxy) is 1. The Balaban J connectivity index is 1.38. The van der Waals surface area contributed by atoms with Crippen molar-refractivity contribution >= 4 is 23.1 Å². The fraction of sp³-hybridized carbons (Fsp3) is 0.296. The number of nitrogens with one attached hydrogen (secondary N) is 2. The maximum absolute atomic E-state index is 13.7. The molecule has 2 aliphatic heterocycles. The molecule has 1 fully saturated rings. The van der Waals surface area contributed by atoms with E-state index in [-0.39, 0.29) is 11.7 Å². The van der Waals surface area contributed by atoms with Gasteiger partial charge in [-0.25, -0.2) is 14.4 Å². The second-order valence-electron chi connectivity index (χ2n) is 9.61. The number of pyridine rings is 2. The van der Waals surface area contributed by atoms with Gasteiger partial charge < -0.3 is 20.3 Å². The van der Waals surface area contributed by atoms with Gasteiger partial charge in [-0.2, -0.15) is 0 Å². The van der Waals surface area contributed by atoms with Crippen molar-refractivity contribution in [3.63, 3.8) is 0 Å². The van der Waals surface area contributed by atoms with E-state index in [9.17, 15) is 9.18 Å². The van der Waals surface area contributed by atoms with Gasteiger partial charge in [-0.05, 0) is 55.4 Å². The van der Waals surface area contributed by atoms with Gasteiger partial charge in [0.2, 0.25) is 0 Å². The number of hydrogen-bond acceptors (Lipinski definition) is 6. The topological polar surface area (TPSA) is 83.8 Å². The quantitative estimate of drug-likeness (QED) is 0.427. The summed E-state index contributed by atoms with van der Waals surface area (Å²) in [5.41, 5.74) is 6.83. The van der Waals surface area contributed by atoms with Crippen LogP contribution in [0, 0.1) is 5.82 Å². The summed E-state index contributed by atoms with van der Waals surface area (Å²) < 4.78 is 21.1. The van der Waals surface area contributed by atoms with E-state index in [0.717, 1.165) is 48.7 Å². The maximum atomic E-state index is 13.7. The second-order valence-corrected chi connectivity index (χ2v) is 9.61. The molecule has 4 aromatic rings. The number of rotatable bonds is 6. The number of imidazole rings is 1. The van der Waals surface area contributed by atoms with Gasteiger partial charge in [0, 0.05) is 55.3 Å². The van der Waals surface area contributed by atoms with E-state index >= 15 is 0 Å². The predicted molar refractivity (Wildman–Crippen MR) is 135 cm³/mol. The van der Waals surface area contributed by atoms with Crippen molar-refractivity contribution < 1.29 is 13.9 Å². The van der Waals surface area contributed by atoms with Crippen molar-refractivity contribution in [1.82, 2.24) is 24.6 Å². The van der Waals surface area contributed by atoms with Crippen molar-refractivity contribution in [2.45, 2.75) is 25.4 Å². The summed E-state index contributed by atoms with van der Waals surface area (Å²) in [7, 11) is 4.11. The molecule has 0 spiro atoms. The Morgan fingerprint density at radius 2 is 2.11 bits per heavy atom. The van der Waals surface area contributed by atoms with Crippen LogP contribution in [0.2, 0.25) is 0 Å². The number of hydrogen-bond donors (Lipinski definition) is 2. The molecule has 0 saturated carbocycles.